The van der Waals surface area contributed by atoms with E-state index in [1.807, 2.05) is 30.3 Å². The highest BCUT2D eigenvalue weighted by Gasteiger charge is 2.24. The first-order valence-electron chi connectivity index (χ1n) is 9.59. The van der Waals surface area contributed by atoms with Crippen molar-refractivity contribution in [3.05, 3.63) is 95.1 Å². The number of benzene rings is 1. The summed E-state index contributed by atoms with van der Waals surface area (Å²) in [5.41, 5.74) is 4.13. The lowest BCUT2D eigenvalue weighted by Gasteiger charge is -2.29. The third kappa shape index (κ3) is 4.78. The standard InChI is InChI=1S/C23H20F2N4O.ClH/c1-14-9-11-28-22(19-4-2-3-10-27-19)20(14)15-5-7-16(8-6-15)29-23(30)21-17(24)12-26-13-18(21)25;/h2-8,10,12-13,22,28H,9,11H2,1H3,(H,29,30);1H. The molecule has 0 aliphatic carbocycles. The lowest BCUT2D eigenvalue weighted by Crippen LogP contribution is -2.29. The molecule has 0 saturated carbocycles. The third-order valence-corrected chi connectivity index (χ3v) is 5.11. The number of carbonyl (C=O) groups excluding carboxylic acids is 1. The Morgan fingerprint density at radius 3 is 2.45 bits per heavy atom. The van der Waals surface area contributed by atoms with Crippen LogP contribution in [0.1, 0.15) is 41.0 Å². The summed E-state index contributed by atoms with van der Waals surface area (Å²) in [5.74, 6) is -2.87. The molecule has 0 spiro atoms. The monoisotopic (exact) mass is 442 g/mol. The van der Waals surface area contributed by atoms with Crippen molar-refractivity contribution in [2.45, 2.75) is 19.4 Å². The number of nitrogens with one attached hydrogen (secondary N) is 2. The molecule has 160 valence electrons. The third-order valence-electron chi connectivity index (χ3n) is 5.11. The molecule has 3 heterocycles. The first kappa shape index (κ1) is 22.5. The molecule has 1 aliphatic heterocycles. The van der Waals surface area contributed by atoms with E-state index in [2.05, 4.69) is 27.5 Å². The van der Waals surface area contributed by atoms with Gasteiger partial charge >= 0.3 is 0 Å². The number of nitrogens with zero attached hydrogens (tertiary/aromatic N) is 2. The van der Waals surface area contributed by atoms with Crippen molar-refractivity contribution in [1.82, 2.24) is 15.3 Å². The van der Waals surface area contributed by atoms with Crippen LogP contribution in [0.5, 0.6) is 0 Å². The zero-order valence-corrected chi connectivity index (χ0v) is 17.5. The second-order valence-electron chi connectivity index (χ2n) is 7.10. The highest BCUT2D eigenvalue weighted by Crippen LogP contribution is 2.36. The number of aromatic nitrogens is 2. The molecule has 3 aromatic rings. The number of rotatable bonds is 4. The van der Waals surface area contributed by atoms with E-state index >= 15 is 0 Å². The molecule has 8 heteroatoms. The zero-order chi connectivity index (χ0) is 21.1. The molecule has 0 radical (unpaired) electrons. The number of hydrogen-bond donors (Lipinski definition) is 2. The minimum atomic E-state index is -1.00. The molecule has 2 aromatic heterocycles. The number of amides is 1. The molecule has 1 aliphatic rings. The molecule has 0 bridgehead atoms. The second kappa shape index (κ2) is 9.76. The quantitative estimate of drug-likeness (QED) is 0.600. The molecule has 0 saturated heterocycles. The summed E-state index contributed by atoms with van der Waals surface area (Å²) < 4.78 is 27.6. The smallest absolute Gasteiger partial charge is 0.261 e. The van der Waals surface area contributed by atoms with Gasteiger partial charge in [-0.15, -0.1) is 12.4 Å². The lowest BCUT2D eigenvalue weighted by molar-refractivity contribution is 0.101. The van der Waals surface area contributed by atoms with Gasteiger partial charge in [-0.1, -0.05) is 23.8 Å². The lowest BCUT2D eigenvalue weighted by atomic mass is 9.87. The average Bonchev–Trinajstić information content (AvgIpc) is 2.75. The van der Waals surface area contributed by atoms with E-state index in [0.717, 1.165) is 42.2 Å². The highest BCUT2D eigenvalue weighted by molar-refractivity contribution is 6.04. The van der Waals surface area contributed by atoms with Crippen LogP contribution in [-0.2, 0) is 0 Å². The van der Waals surface area contributed by atoms with Gasteiger partial charge in [0.05, 0.1) is 24.1 Å². The maximum atomic E-state index is 13.8. The van der Waals surface area contributed by atoms with Crippen molar-refractivity contribution in [2.24, 2.45) is 0 Å². The van der Waals surface area contributed by atoms with Crippen LogP contribution in [0.25, 0.3) is 5.57 Å². The Labute approximate surface area is 185 Å². The molecule has 5 nitrogen and oxygen atoms in total. The Bertz CT molecular complexity index is 1080. The van der Waals surface area contributed by atoms with Gasteiger partial charge in [0.15, 0.2) is 11.6 Å². The normalized spacial score (nSPS) is 15.9. The van der Waals surface area contributed by atoms with E-state index in [1.165, 1.54) is 5.57 Å². The van der Waals surface area contributed by atoms with E-state index in [9.17, 15) is 13.6 Å². The van der Waals surface area contributed by atoms with Gasteiger partial charge in [-0.3, -0.25) is 14.8 Å². The van der Waals surface area contributed by atoms with E-state index in [-0.39, 0.29) is 18.4 Å². The Kier molecular flexibility index (Phi) is 7.09. The molecule has 1 aromatic carbocycles. The van der Waals surface area contributed by atoms with Crippen LogP contribution in [0.4, 0.5) is 14.5 Å². The predicted molar refractivity (Wildman–Crippen MR) is 118 cm³/mol. The van der Waals surface area contributed by atoms with E-state index in [1.54, 1.807) is 18.3 Å². The molecule has 1 amide bonds. The van der Waals surface area contributed by atoms with E-state index < -0.39 is 23.1 Å². The summed E-state index contributed by atoms with van der Waals surface area (Å²) in [5, 5.41) is 6.05. The Morgan fingerprint density at radius 1 is 1.10 bits per heavy atom. The van der Waals surface area contributed by atoms with Crippen LogP contribution in [0.2, 0.25) is 0 Å². The Balaban J connectivity index is 0.00000272. The minimum absolute atomic E-state index is 0. The van der Waals surface area contributed by atoms with Crippen LogP contribution in [0, 0.1) is 11.6 Å². The fourth-order valence-electron chi connectivity index (χ4n) is 3.65. The fourth-order valence-corrected chi connectivity index (χ4v) is 3.65. The van der Waals surface area contributed by atoms with Crippen molar-refractivity contribution >= 4 is 29.6 Å². The van der Waals surface area contributed by atoms with Crippen LogP contribution >= 0.6 is 12.4 Å². The van der Waals surface area contributed by atoms with E-state index in [4.69, 9.17) is 0 Å². The summed E-state index contributed by atoms with van der Waals surface area (Å²) in [6.45, 7) is 2.98. The van der Waals surface area contributed by atoms with Gasteiger partial charge in [0.2, 0.25) is 0 Å². The largest absolute Gasteiger partial charge is 0.322 e. The molecular weight excluding hydrogens is 422 g/mol. The molecule has 31 heavy (non-hydrogen) atoms. The topological polar surface area (TPSA) is 66.9 Å². The fraction of sp³-hybridized carbons (Fsp3) is 0.174. The Hall–Kier alpha value is -3.16. The number of carbonyl (C=O) groups is 1. The summed E-state index contributed by atoms with van der Waals surface area (Å²) in [4.78, 5) is 20.2. The van der Waals surface area contributed by atoms with Crippen LogP contribution < -0.4 is 10.6 Å². The van der Waals surface area contributed by atoms with Gasteiger partial charge < -0.3 is 10.6 Å². The SMILES string of the molecule is CC1=C(c2ccc(NC(=O)c3c(F)cncc3F)cc2)C(c2ccccn2)NCC1.Cl. The van der Waals surface area contributed by atoms with Crippen molar-refractivity contribution in [3.8, 4) is 0 Å². The molecule has 0 fully saturated rings. The van der Waals surface area contributed by atoms with Crippen LogP contribution in [0.3, 0.4) is 0 Å². The number of hydrogen-bond acceptors (Lipinski definition) is 4. The maximum Gasteiger partial charge on any atom is 0.261 e. The first-order valence-corrected chi connectivity index (χ1v) is 9.59. The Morgan fingerprint density at radius 2 is 1.81 bits per heavy atom. The van der Waals surface area contributed by atoms with Gasteiger partial charge in [0.1, 0.15) is 5.56 Å². The highest BCUT2D eigenvalue weighted by atomic mass is 35.5. The second-order valence-corrected chi connectivity index (χ2v) is 7.10. The number of pyridine rings is 2. The van der Waals surface area contributed by atoms with Gasteiger partial charge in [-0.05, 0) is 55.3 Å². The number of anilines is 1. The molecule has 1 unspecified atom stereocenters. The first-order chi connectivity index (χ1) is 14.5. The van der Waals surface area contributed by atoms with E-state index in [0.29, 0.717) is 5.69 Å². The summed E-state index contributed by atoms with van der Waals surface area (Å²) in [7, 11) is 0. The maximum absolute atomic E-state index is 13.8. The van der Waals surface area contributed by atoms with Gasteiger partial charge in [0.25, 0.3) is 5.91 Å². The van der Waals surface area contributed by atoms with Crippen molar-refractivity contribution in [1.29, 1.82) is 0 Å². The summed E-state index contributed by atoms with van der Waals surface area (Å²) in [6.07, 6.45) is 4.32. The summed E-state index contributed by atoms with van der Waals surface area (Å²) in [6, 6.07) is 13.0. The predicted octanol–water partition coefficient (Wildman–Crippen LogP) is 4.94. The van der Waals surface area contributed by atoms with Crippen molar-refractivity contribution < 1.29 is 13.6 Å². The molecular formula is C23H21ClF2N4O. The van der Waals surface area contributed by atoms with Crippen LogP contribution in [-0.4, -0.2) is 22.4 Å². The van der Waals surface area contributed by atoms with Gasteiger partial charge in [-0.2, -0.15) is 0 Å². The minimum Gasteiger partial charge on any atom is -0.322 e. The van der Waals surface area contributed by atoms with Gasteiger partial charge in [-0.25, -0.2) is 8.78 Å². The summed E-state index contributed by atoms with van der Waals surface area (Å²) >= 11 is 0. The van der Waals surface area contributed by atoms with Gasteiger partial charge in [0, 0.05) is 11.9 Å². The molecule has 4 rings (SSSR count). The number of halogens is 3. The van der Waals surface area contributed by atoms with Crippen LogP contribution in [0.15, 0.2) is 66.6 Å². The van der Waals surface area contributed by atoms with Crippen molar-refractivity contribution in [3.63, 3.8) is 0 Å². The van der Waals surface area contributed by atoms with Crippen molar-refractivity contribution in [2.75, 3.05) is 11.9 Å². The average molecular weight is 443 g/mol. The zero-order valence-electron chi connectivity index (χ0n) is 16.7. The molecule has 1 atom stereocenters. The molecule has 2 N–H and O–H groups in total.